The van der Waals surface area contributed by atoms with Gasteiger partial charge in [0.15, 0.2) is 12.4 Å². The van der Waals surface area contributed by atoms with Crippen molar-refractivity contribution in [2.45, 2.75) is 24.8 Å². The quantitative estimate of drug-likeness (QED) is 0.360. The minimum atomic E-state index is -1.14. The number of allylic oxidation sites excluding steroid dienone is 4. The van der Waals surface area contributed by atoms with E-state index in [1.165, 1.54) is 6.08 Å². The fourth-order valence-corrected chi connectivity index (χ4v) is 2.39. The van der Waals surface area contributed by atoms with Crippen LogP contribution in [0.4, 0.5) is 0 Å². The second-order valence-corrected chi connectivity index (χ2v) is 6.01. The van der Waals surface area contributed by atoms with Crippen molar-refractivity contribution in [3.8, 4) is 0 Å². The van der Waals surface area contributed by atoms with E-state index in [1.54, 1.807) is 6.08 Å². The lowest BCUT2D eigenvalue weighted by molar-refractivity contribution is -0.151. The Morgan fingerprint density at radius 3 is 2.71 bits per heavy atom. The first-order valence-electron chi connectivity index (χ1n) is 7.33. The van der Waals surface area contributed by atoms with Gasteiger partial charge in [-0.2, -0.15) is 0 Å². The number of halogens is 2. The predicted molar refractivity (Wildman–Crippen MR) is 89.6 cm³/mol. The average Bonchev–Trinajstić information content (AvgIpc) is 2.59. The van der Waals surface area contributed by atoms with Crippen molar-refractivity contribution in [3.05, 3.63) is 35.1 Å². The van der Waals surface area contributed by atoms with E-state index in [4.69, 9.17) is 42.9 Å². The summed E-state index contributed by atoms with van der Waals surface area (Å²) in [6.45, 7) is 4.22. The van der Waals surface area contributed by atoms with E-state index in [-0.39, 0.29) is 23.2 Å². The lowest BCUT2D eigenvalue weighted by Crippen LogP contribution is -2.28. The Kier molecular flexibility index (Phi) is 8.48. The first-order valence-corrected chi connectivity index (χ1v) is 8.14. The van der Waals surface area contributed by atoms with Crippen LogP contribution in [0.15, 0.2) is 35.1 Å². The highest BCUT2D eigenvalue weighted by molar-refractivity contribution is 6.39. The number of hydrogen-bond donors (Lipinski definition) is 2. The third-order valence-corrected chi connectivity index (χ3v) is 4.34. The summed E-state index contributed by atoms with van der Waals surface area (Å²) in [6.07, 6.45) is 2.41. The number of ketones is 1. The maximum atomic E-state index is 12.2. The van der Waals surface area contributed by atoms with E-state index in [0.29, 0.717) is 12.0 Å². The fraction of sp³-hybridized carbons (Fsp3) is 0.500. The molecule has 0 fully saturated rings. The maximum Gasteiger partial charge on any atom is 0.344 e. The number of esters is 1. The summed E-state index contributed by atoms with van der Waals surface area (Å²) in [6, 6.07) is 0. The van der Waals surface area contributed by atoms with Gasteiger partial charge in [-0.15, -0.1) is 11.6 Å². The maximum absolute atomic E-state index is 12.2. The molecule has 0 aromatic rings. The molecule has 134 valence electrons. The molecule has 2 N–H and O–H groups in total. The van der Waals surface area contributed by atoms with E-state index in [0.717, 1.165) is 0 Å². The van der Waals surface area contributed by atoms with E-state index in [2.05, 4.69) is 6.58 Å². The topological polar surface area (TPSA) is 93.1 Å². The molecule has 0 heterocycles. The first kappa shape index (κ1) is 20.7. The third-order valence-electron chi connectivity index (χ3n) is 3.32. The molecular weight excluding hydrogens is 359 g/mol. The molecule has 0 spiro atoms. The van der Waals surface area contributed by atoms with Crippen LogP contribution in [0.2, 0.25) is 0 Å². The van der Waals surface area contributed by atoms with Crippen molar-refractivity contribution >= 4 is 35.0 Å². The number of Topliss-reactive ketones (excluding diaryl/α,β-unsaturated/α-hetero) is 1. The summed E-state index contributed by atoms with van der Waals surface area (Å²) in [5.41, 5.74) is 0.454. The van der Waals surface area contributed by atoms with Gasteiger partial charge in [0.05, 0.1) is 22.9 Å². The number of aliphatic hydroxyl groups is 2. The Morgan fingerprint density at radius 1 is 1.46 bits per heavy atom. The Labute approximate surface area is 150 Å². The van der Waals surface area contributed by atoms with Crippen molar-refractivity contribution in [1.82, 2.24) is 0 Å². The second-order valence-electron chi connectivity index (χ2n) is 5.13. The van der Waals surface area contributed by atoms with Crippen LogP contribution in [0, 0.1) is 5.92 Å². The smallest absolute Gasteiger partial charge is 0.344 e. The number of ether oxygens (including phenoxy) is 2. The normalized spacial score (nSPS) is 21.4. The zero-order valence-corrected chi connectivity index (χ0v) is 14.7. The van der Waals surface area contributed by atoms with Crippen LogP contribution in [0.1, 0.15) is 13.3 Å². The monoisotopic (exact) mass is 378 g/mol. The van der Waals surface area contributed by atoms with Gasteiger partial charge in [0.25, 0.3) is 0 Å². The van der Waals surface area contributed by atoms with Crippen molar-refractivity contribution < 1.29 is 29.3 Å². The summed E-state index contributed by atoms with van der Waals surface area (Å²) in [5.74, 6) is -1.40. The molecule has 1 rings (SSSR count). The zero-order chi connectivity index (χ0) is 18.3. The van der Waals surface area contributed by atoms with Crippen molar-refractivity contribution in [2.24, 2.45) is 5.92 Å². The van der Waals surface area contributed by atoms with Crippen LogP contribution >= 0.6 is 23.2 Å². The van der Waals surface area contributed by atoms with Crippen molar-refractivity contribution in [1.29, 1.82) is 0 Å². The highest BCUT2D eigenvalue weighted by Crippen LogP contribution is 2.33. The molecule has 3 atom stereocenters. The molecule has 0 saturated carbocycles. The number of alkyl halides is 1. The Morgan fingerprint density at radius 2 is 2.12 bits per heavy atom. The molecule has 24 heavy (non-hydrogen) atoms. The molecule has 6 nitrogen and oxygen atoms in total. The lowest BCUT2D eigenvalue weighted by Gasteiger charge is -2.23. The molecule has 1 aliphatic rings. The predicted octanol–water partition coefficient (Wildman–Crippen LogP) is 1.68. The summed E-state index contributed by atoms with van der Waals surface area (Å²) >= 11 is 12.3. The standard InChI is InChI=1S/C16H20Cl2O6/c1-3-9(2)16(22)11-4-5-12(15(18)14(11)17)23-8-13(21)24-7-10(20)6-19/h4-5,10-11,14,19-20H,2-3,6-8H2,1H3. The van der Waals surface area contributed by atoms with Gasteiger partial charge in [0.1, 0.15) is 18.5 Å². The SMILES string of the molecule is C=C(CC)C(=O)C1C=CC(OCC(=O)OCC(O)CO)=C(Cl)C1Cl. The van der Waals surface area contributed by atoms with Crippen LogP contribution in [-0.4, -0.2) is 53.3 Å². The Bertz CT molecular complexity index is 555. The molecule has 0 bridgehead atoms. The third kappa shape index (κ3) is 5.63. The van der Waals surface area contributed by atoms with Crippen molar-refractivity contribution in [2.75, 3.05) is 19.8 Å². The largest absolute Gasteiger partial charge is 0.481 e. The molecule has 8 heteroatoms. The van der Waals surface area contributed by atoms with Gasteiger partial charge >= 0.3 is 5.97 Å². The van der Waals surface area contributed by atoms with Crippen LogP contribution in [0.3, 0.4) is 0 Å². The van der Waals surface area contributed by atoms with Gasteiger partial charge in [-0.3, -0.25) is 4.79 Å². The molecular formula is C16H20Cl2O6. The molecule has 1 aliphatic carbocycles. The summed E-state index contributed by atoms with van der Waals surface area (Å²) in [4.78, 5) is 23.6. The van der Waals surface area contributed by atoms with Crippen LogP contribution in [-0.2, 0) is 19.1 Å². The van der Waals surface area contributed by atoms with E-state index < -0.39 is 36.6 Å². The second kappa shape index (κ2) is 9.84. The first-order chi connectivity index (χ1) is 11.3. The molecule has 3 unspecified atom stereocenters. The summed E-state index contributed by atoms with van der Waals surface area (Å²) < 4.78 is 9.92. The summed E-state index contributed by atoms with van der Waals surface area (Å²) in [7, 11) is 0. The lowest BCUT2D eigenvalue weighted by atomic mass is 9.90. The van der Waals surface area contributed by atoms with Crippen molar-refractivity contribution in [3.63, 3.8) is 0 Å². The number of rotatable bonds is 9. The zero-order valence-electron chi connectivity index (χ0n) is 13.2. The fourth-order valence-electron chi connectivity index (χ4n) is 1.83. The average molecular weight is 379 g/mol. The number of hydrogen-bond acceptors (Lipinski definition) is 6. The van der Waals surface area contributed by atoms with Gasteiger partial charge in [-0.25, -0.2) is 4.79 Å². The Hall–Kier alpha value is -1.34. The number of aliphatic hydroxyl groups excluding tert-OH is 2. The van der Waals surface area contributed by atoms with E-state index >= 15 is 0 Å². The molecule has 0 saturated heterocycles. The highest BCUT2D eigenvalue weighted by Gasteiger charge is 2.32. The van der Waals surface area contributed by atoms with Gasteiger partial charge in [0, 0.05) is 0 Å². The molecule has 0 aromatic carbocycles. The minimum Gasteiger partial charge on any atom is -0.481 e. The number of carbonyl (C=O) groups excluding carboxylic acids is 2. The van der Waals surface area contributed by atoms with E-state index in [9.17, 15) is 9.59 Å². The van der Waals surface area contributed by atoms with E-state index in [1.807, 2.05) is 6.92 Å². The molecule has 0 aliphatic heterocycles. The van der Waals surface area contributed by atoms with Gasteiger partial charge in [0.2, 0.25) is 0 Å². The number of carbonyl (C=O) groups is 2. The van der Waals surface area contributed by atoms with Crippen LogP contribution in [0.25, 0.3) is 0 Å². The molecule has 0 amide bonds. The van der Waals surface area contributed by atoms with Gasteiger partial charge in [-0.1, -0.05) is 31.2 Å². The van der Waals surface area contributed by atoms with Crippen LogP contribution in [0.5, 0.6) is 0 Å². The minimum absolute atomic E-state index is 0.115. The van der Waals surface area contributed by atoms with Gasteiger partial charge < -0.3 is 19.7 Å². The Balaban J connectivity index is 2.61. The molecule has 0 radical (unpaired) electrons. The summed E-state index contributed by atoms with van der Waals surface area (Å²) in [5, 5.41) is 17.0. The molecule has 0 aromatic heterocycles. The van der Waals surface area contributed by atoms with Gasteiger partial charge in [-0.05, 0) is 18.1 Å². The highest BCUT2D eigenvalue weighted by atomic mass is 35.5. The van der Waals surface area contributed by atoms with Crippen LogP contribution < -0.4 is 0 Å².